The van der Waals surface area contributed by atoms with E-state index in [0.29, 0.717) is 0 Å². The molecule has 0 saturated carbocycles. The first kappa shape index (κ1) is 11.7. The molecule has 1 heterocycles. The van der Waals surface area contributed by atoms with Gasteiger partial charge in [0.15, 0.2) is 0 Å². The summed E-state index contributed by atoms with van der Waals surface area (Å²) in [6.45, 7) is 6.95. The van der Waals surface area contributed by atoms with E-state index in [-0.39, 0.29) is 0 Å². The molecular formula is C14H24N2. The van der Waals surface area contributed by atoms with E-state index in [1.165, 1.54) is 49.3 Å². The van der Waals surface area contributed by atoms with Crippen LogP contribution in [0, 0.1) is 11.8 Å². The van der Waals surface area contributed by atoms with Crippen molar-refractivity contribution < 1.29 is 0 Å². The number of hydrogen-bond acceptors (Lipinski definition) is 1. The van der Waals surface area contributed by atoms with Crippen LogP contribution in [-0.4, -0.2) is 9.97 Å². The normalized spacial score (nSPS) is 24.4. The molecule has 16 heavy (non-hydrogen) atoms. The monoisotopic (exact) mass is 220 g/mol. The third-order valence-corrected chi connectivity index (χ3v) is 3.94. The summed E-state index contributed by atoms with van der Waals surface area (Å²) < 4.78 is 0. The van der Waals surface area contributed by atoms with Gasteiger partial charge in [0, 0.05) is 12.1 Å². The highest BCUT2D eigenvalue weighted by Gasteiger charge is 2.24. The van der Waals surface area contributed by atoms with Crippen LogP contribution in [-0.2, 0) is 19.3 Å². The second kappa shape index (κ2) is 5.03. The highest BCUT2D eigenvalue weighted by molar-refractivity contribution is 5.19. The number of fused-ring (bicyclic) bond motifs is 1. The van der Waals surface area contributed by atoms with Gasteiger partial charge in [-0.05, 0) is 31.1 Å². The first-order chi connectivity index (χ1) is 7.70. The van der Waals surface area contributed by atoms with Gasteiger partial charge in [-0.25, -0.2) is 4.98 Å². The molecule has 0 aromatic carbocycles. The van der Waals surface area contributed by atoms with Crippen molar-refractivity contribution in [2.45, 2.75) is 59.3 Å². The van der Waals surface area contributed by atoms with Gasteiger partial charge in [0.25, 0.3) is 0 Å². The molecule has 0 aliphatic heterocycles. The molecule has 90 valence electrons. The second-order valence-corrected chi connectivity index (χ2v) is 5.43. The molecule has 1 aliphatic rings. The van der Waals surface area contributed by atoms with Gasteiger partial charge in [-0.1, -0.05) is 33.6 Å². The number of nitrogens with zero attached hydrogens (tertiary/aromatic N) is 1. The maximum absolute atomic E-state index is 4.75. The molecule has 1 N–H and O–H groups in total. The zero-order chi connectivity index (χ0) is 11.5. The summed E-state index contributed by atoms with van der Waals surface area (Å²) in [4.78, 5) is 8.28. The molecule has 2 heteroatoms. The van der Waals surface area contributed by atoms with Crippen molar-refractivity contribution in [3.8, 4) is 0 Å². The number of unbranched alkanes of at least 4 members (excludes halogenated alkanes) is 2. The summed E-state index contributed by atoms with van der Waals surface area (Å²) in [5.74, 6) is 2.82. The Kier molecular flexibility index (Phi) is 3.67. The number of rotatable bonds is 4. The number of H-pyrrole nitrogens is 1. The predicted molar refractivity (Wildman–Crippen MR) is 67.6 cm³/mol. The zero-order valence-corrected chi connectivity index (χ0v) is 10.8. The number of imidazole rings is 1. The van der Waals surface area contributed by atoms with Crippen molar-refractivity contribution in [3.05, 3.63) is 17.2 Å². The van der Waals surface area contributed by atoms with E-state index < -0.39 is 0 Å². The molecule has 1 aliphatic carbocycles. The van der Waals surface area contributed by atoms with Crippen LogP contribution in [0.15, 0.2) is 0 Å². The standard InChI is InChI=1S/C14H24N2/c1-4-5-6-7-14-15-12-8-10(2)11(3)9-13(12)16-14/h10-11H,4-9H2,1-3H3,(H,15,16). The highest BCUT2D eigenvalue weighted by atomic mass is 14.9. The Morgan fingerprint density at radius 3 is 2.69 bits per heavy atom. The van der Waals surface area contributed by atoms with Crippen molar-refractivity contribution in [2.75, 3.05) is 0 Å². The van der Waals surface area contributed by atoms with Crippen LogP contribution in [0.4, 0.5) is 0 Å². The van der Waals surface area contributed by atoms with E-state index in [1.807, 2.05) is 0 Å². The molecule has 0 fully saturated rings. The minimum absolute atomic E-state index is 0.791. The first-order valence-corrected chi connectivity index (χ1v) is 6.77. The molecule has 0 radical (unpaired) electrons. The van der Waals surface area contributed by atoms with Crippen LogP contribution in [0.2, 0.25) is 0 Å². The molecule has 0 saturated heterocycles. The quantitative estimate of drug-likeness (QED) is 0.773. The van der Waals surface area contributed by atoms with Gasteiger partial charge in [-0.15, -0.1) is 0 Å². The van der Waals surface area contributed by atoms with Crippen LogP contribution in [0.25, 0.3) is 0 Å². The Morgan fingerprint density at radius 2 is 1.94 bits per heavy atom. The third-order valence-electron chi connectivity index (χ3n) is 3.94. The number of aromatic amines is 1. The summed E-state index contributed by atoms with van der Waals surface area (Å²) >= 11 is 0. The fraction of sp³-hybridized carbons (Fsp3) is 0.786. The molecule has 2 atom stereocenters. The summed E-state index contributed by atoms with van der Waals surface area (Å²) in [5.41, 5.74) is 2.76. The third kappa shape index (κ3) is 2.47. The van der Waals surface area contributed by atoms with Gasteiger partial charge in [0.2, 0.25) is 0 Å². The molecular weight excluding hydrogens is 196 g/mol. The SMILES string of the molecule is CCCCCc1nc2c([nH]1)CC(C)C(C)C2. The van der Waals surface area contributed by atoms with E-state index >= 15 is 0 Å². The molecule has 0 bridgehead atoms. The van der Waals surface area contributed by atoms with Gasteiger partial charge in [-0.2, -0.15) is 0 Å². The summed E-state index contributed by atoms with van der Waals surface area (Å²) in [7, 11) is 0. The lowest BCUT2D eigenvalue weighted by molar-refractivity contribution is 0.355. The predicted octanol–water partition coefficient (Wildman–Crippen LogP) is 3.51. The summed E-state index contributed by atoms with van der Waals surface area (Å²) in [6.07, 6.45) is 7.36. The minimum Gasteiger partial charge on any atom is -0.346 e. The number of aromatic nitrogens is 2. The Labute approximate surface area is 98.9 Å². The molecule has 2 unspecified atom stereocenters. The van der Waals surface area contributed by atoms with Crippen molar-refractivity contribution in [2.24, 2.45) is 11.8 Å². The lowest BCUT2D eigenvalue weighted by atomic mass is 9.82. The topological polar surface area (TPSA) is 28.7 Å². The summed E-state index contributed by atoms with van der Waals surface area (Å²) in [6, 6.07) is 0. The van der Waals surface area contributed by atoms with Crippen LogP contribution in [0.1, 0.15) is 57.2 Å². The van der Waals surface area contributed by atoms with E-state index in [9.17, 15) is 0 Å². The second-order valence-electron chi connectivity index (χ2n) is 5.43. The fourth-order valence-electron chi connectivity index (χ4n) is 2.53. The van der Waals surface area contributed by atoms with Crippen molar-refractivity contribution in [1.29, 1.82) is 0 Å². The summed E-state index contributed by atoms with van der Waals surface area (Å²) in [5, 5.41) is 0. The van der Waals surface area contributed by atoms with Crippen molar-refractivity contribution in [3.63, 3.8) is 0 Å². The average Bonchev–Trinajstić information content (AvgIpc) is 2.61. The smallest absolute Gasteiger partial charge is 0.106 e. The van der Waals surface area contributed by atoms with E-state index in [1.54, 1.807) is 0 Å². The van der Waals surface area contributed by atoms with Crippen LogP contribution in [0.3, 0.4) is 0 Å². The lowest BCUT2D eigenvalue weighted by Crippen LogP contribution is -2.20. The average molecular weight is 220 g/mol. The maximum Gasteiger partial charge on any atom is 0.106 e. The fourth-order valence-corrected chi connectivity index (χ4v) is 2.53. The van der Waals surface area contributed by atoms with Crippen LogP contribution in [0.5, 0.6) is 0 Å². The molecule has 0 spiro atoms. The van der Waals surface area contributed by atoms with Gasteiger partial charge in [-0.3, -0.25) is 0 Å². The highest BCUT2D eigenvalue weighted by Crippen LogP contribution is 2.28. The Morgan fingerprint density at radius 1 is 1.19 bits per heavy atom. The maximum atomic E-state index is 4.75. The minimum atomic E-state index is 0.791. The number of hydrogen-bond donors (Lipinski definition) is 1. The van der Waals surface area contributed by atoms with Gasteiger partial charge < -0.3 is 4.98 Å². The zero-order valence-electron chi connectivity index (χ0n) is 10.8. The lowest BCUT2D eigenvalue weighted by Gasteiger charge is -2.24. The molecule has 2 nitrogen and oxygen atoms in total. The van der Waals surface area contributed by atoms with Crippen LogP contribution >= 0.6 is 0 Å². The number of aryl methyl sites for hydroxylation is 1. The van der Waals surface area contributed by atoms with E-state index in [0.717, 1.165) is 18.3 Å². The van der Waals surface area contributed by atoms with Gasteiger partial charge in [0.1, 0.15) is 5.82 Å². The Hall–Kier alpha value is -0.790. The molecule has 1 aromatic heterocycles. The first-order valence-electron chi connectivity index (χ1n) is 6.77. The Balaban J connectivity index is 2.01. The molecule has 1 aromatic rings. The van der Waals surface area contributed by atoms with Crippen LogP contribution < -0.4 is 0 Å². The van der Waals surface area contributed by atoms with Crippen molar-refractivity contribution >= 4 is 0 Å². The molecule has 2 rings (SSSR count). The van der Waals surface area contributed by atoms with Gasteiger partial charge in [0.05, 0.1) is 5.69 Å². The number of nitrogens with one attached hydrogen (secondary N) is 1. The largest absolute Gasteiger partial charge is 0.346 e. The Bertz CT molecular complexity index is 313. The van der Waals surface area contributed by atoms with Gasteiger partial charge >= 0.3 is 0 Å². The molecule has 0 amide bonds. The van der Waals surface area contributed by atoms with E-state index in [4.69, 9.17) is 4.98 Å². The van der Waals surface area contributed by atoms with E-state index in [2.05, 4.69) is 25.8 Å². The van der Waals surface area contributed by atoms with Crippen molar-refractivity contribution in [1.82, 2.24) is 9.97 Å².